The summed E-state index contributed by atoms with van der Waals surface area (Å²) in [5.41, 5.74) is 2.89. The normalized spacial score (nSPS) is 15.8. The second kappa shape index (κ2) is 7.13. The Balaban J connectivity index is 1.72. The second-order valence-corrected chi connectivity index (χ2v) is 8.56. The summed E-state index contributed by atoms with van der Waals surface area (Å²) < 4.78 is 25.4. The van der Waals surface area contributed by atoms with Crippen molar-refractivity contribution in [1.82, 2.24) is 0 Å². The molecule has 0 atom stereocenters. The molecule has 1 aliphatic rings. The van der Waals surface area contributed by atoms with Crippen LogP contribution in [0.5, 0.6) is 0 Å². The second-order valence-electron chi connectivity index (χ2n) is 6.14. The van der Waals surface area contributed by atoms with Crippen LogP contribution in [-0.2, 0) is 16.6 Å². The van der Waals surface area contributed by atoms with Crippen LogP contribution in [0.3, 0.4) is 0 Å². The van der Waals surface area contributed by atoms with Gasteiger partial charge in [-0.1, -0.05) is 23.7 Å². The van der Waals surface area contributed by atoms with Crippen LogP contribution in [0, 0.1) is 17.0 Å². The Morgan fingerprint density at radius 2 is 1.96 bits per heavy atom. The standard InChI is InChI=1S/C17H18ClN3O4S/c1-12-9-15(21(22)23)10-16(18)17(12)19-11-13-3-5-14(6-4-13)20-7-2-8-26(20,24)25/h3-6,9-10,19H,2,7-8,11H2,1H3. The van der Waals surface area contributed by atoms with Crippen molar-refractivity contribution in [2.45, 2.75) is 19.9 Å². The van der Waals surface area contributed by atoms with E-state index in [4.69, 9.17) is 11.6 Å². The van der Waals surface area contributed by atoms with Gasteiger partial charge in [0.25, 0.3) is 5.69 Å². The SMILES string of the molecule is Cc1cc([N+](=O)[O-])cc(Cl)c1NCc1ccc(N2CCCS2(=O)=O)cc1. The lowest BCUT2D eigenvalue weighted by molar-refractivity contribution is -0.384. The Kier molecular flexibility index (Phi) is 5.06. The maximum absolute atomic E-state index is 12.0. The van der Waals surface area contributed by atoms with Crippen LogP contribution >= 0.6 is 11.6 Å². The number of benzene rings is 2. The molecule has 1 fully saturated rings. The topological polar surface area (TPSA) is 92.6 Å². The Morgan fingerprint density at radius 1 is 1.27 bits per heavy atom. The number of hydrogen-bond acceptors (Lipinski definition) is 5. The summed E-state index contributed by atoms with van der Waals surface area (Å²) in [4.78, 5) is 10.4. The third-order valence-corrected chi connectivity index (χ3v) is 6.44. The maximum Gasteiger partial charge on any atom is 0.271 e. The van der Waals surface area contributed by atoms with Crippen molar-refractivity contribution in [3.8, 4) is 0 Å². The largest absolute Gasteiger partial charge is 0.380 e. The van der Waals surface area contributed by atoms with Gasteiger partial charge in [-0.25, -0.2) is 8.42 Å². The van der Waals surface area contributed by atoms with E-state index in [-0.39, 0.29) is 16.5 Å². The van der Waals surface area contributed by atoms with E-state index in [9.17, 15) is 18.5 Å². The molecule has 0 aliphatic carbocycles. The minimum atomic E-state index is -3.19. The average Bonchev–Trinajstić information content (AvgIpc) is 2.93. The van der Waals surface area contributed by atoms with Crippen LogP contribution in [0.1, 0.15) is 17.5 Å². The Bertz CT molecular complexity index is 922. The van der Waals surface area contributed by atoms with Gasteiger partial charge >= 0.3 is 0 Å². The third kappa shape index (κ3) is 3.76. The fraction of sp³-hybridized carbons (Fsp3) is 0.294. The third-order valence-electron chi connectivity index (χ3n) is 4.28. The molecule has 3 rings (SSSR count). The van der Waals surface area contributed by atoms with Crippen LogP contribution in [0.15, 0.2) is 36.4 Å². The summed E-state index contributed by atoms with van der Waals surface area (Å²) in [6.07, 6.45) is 0.642. The van der Waals surface area contributed by atoms with Gasteiger partial charge in [0.1, 0.15) is 0 Å². The van der Waals surface area contributed by atoms with Crippen molar-refractivity contribution in [1.29, 1.82) is 0 Å². The smallest absolute Gasteiger partial charge is 0.271 e. The lowest BCUT2D eigenvalue weighted by atomic mass is 10.1. The predicted molar refractivity (Wildman–Crippen MR) is 102 cm³/mol. The number of sulfonamides is 1. The lowest BCUT2D eigenvalue weighted by Gasteiger charge is -2.17. The zero-order valence-electron chi connectivity index (χ0n) is 14.1. The summed E-state index contributed by atoms with van der Waals surface area (Å²) in [7, 11) is -3.19. The van der Waals surface area contributed by atoms with Gasteiger partial charge in [0, 0.05) is 25.2 Å². The molecule has 1 saturated heterocycles. The van der Waals surface area contributed by atoms with Gasteiger partial charge in [-0.3, -0.25) is 14.4 Å². The number of nitrogens with zero attached hydrogens (tertiary/aromatic N) is 2. The predicted octanol–water partition coefficient (Wildman–Crippen LogP) is 3.71. The van der Waals surface area contributed by atoms with Crippen LogP contribution in [0.2, 0.25) is 5.02 Å². The highest BCUT2D eigenvalue weighted by Crippen LogP contribution is 2.31. The highest BCUT2D eigenvalue weighted by atomic mass is 35.5. The first-order valence-electron chi connectivity index (χ1n) is 8.06. The van der Waals surface area contributed by atoms with E-state index in [2.05, 4.69) is 5.32 Å². The molecule has 0 saturated carbocycles. The van der Waals surface area contributed by atoms with E-state index >= 15 is 0 Å². The number of aryl methyl sites for hydroxylation is 1. The van der Waals surface area contributed by atoms with Crippen molar-refractivity contribution in [2.75, 3.05) is 21.9 Å². The quantitative estimate of drug-likeness (QED) is 0.615. The van der Waals surface area contributed by atoms with E-state index in [0.717, 1.165) is 5.56 Å². The highest BCUT2D eigenvalue weighted by Gasteiger charge is 2.28. The fourth-order valence-corrected chi connectivity index (χ4v) is 4.85. The molecule has 0 radical (unpaired) electrons. The molecule has 0 amide bonds. The van der Waals surface area contributed by atoms with E-state index in [1.807, 2.05) is 12.1 Å². The zero-order valence-corrected chi connectivity index (χ0v) is 15.7. The molecule has 9 heteroatoms. The number of rotatable bonds is 5. The van der Waals surface area contributed by atoms with Gasteiger partial charge in [0.2, 0.25) is 10.0 Å². The molecule has 0 unspecified atom stereocenters. The summed E-state index contributed by atoms with van der Waals surface area (Å²) in [5.74, 6) is 0.189. The molecule has 1 aliphatic heterocycles. The van der Waals surface area contributed by atoms with Gasteiger partial charge in [-0.2, -0.15) is 0 Å². The van der Waals surface area contributed by atoms with Crippen LogP contribution in [0.25, 0.3) is 0 Å². The molecule has 2 aromatic carbocycles. The first-order chi connectivity index (χ1) is 12.3. The molecule has 7 nitrogen and oxygen atoms in total. The minimum Gasteiger partial charge on any atom is -0.380 e. The zero-order chi connectivity index (χ0) is 18.9. The van der Waals surface area contributed by atoms with Crippen LogP contribution in [-0.4, -0.2) is 25.6 Å². The Hall–Kier alpha value is -2.32. The lowest BCUT2D eigenvalue weighted by Crippen LogP contribution is -2.24. The van der Waals surface area contributed by atoms with E-state index in [1.54, 1.807) is 19.1 Å². The van der Waals surface area contributed by atoms with Crippen molar-refractivity contribution in [3.63, 3.8) is 0 Å². The Morgan fingerprint density at radius 3 is 2.50 bits per heavy atom. The number of hydrogen-bond donors (Lipinski definition) is 1. The van der Waals surface area contributed by atoms with Gasteiger partial charge < -0.3 is 5.32 Å². The molecule has 2 aromatic rings. The Labute approximate surface area is 156 Å². The molecule has 0 bridgehead atoms. The molecule has 0 spiro atoms. The van der Waals surface area contributed by atoms with Gasteiger partial charge in [-0.05, 0) is 36.6 Å². The van der Waals surface area contributed by atoms with E-state index < -0.39 is 14.9 Å². The molecular formula is C17H18ClN3O4S. The number of halogens is 1. The number of non-ortho nitro benzene ring substituents is 1. The number of anilines is 2. The van der Waals surface area contributed by atoms with Crippen molar-refractivity contribution in [2.24, 2.45) is 0 Å². The fourth-order valence-electron chi connectivity index (χ4n) is 2.96. The first kappa shape index (κ1) is 18.5. The van der Waals surface area contributed by atoms with E-state index in [0.29, 0.717) is 36.4 Å². The first-order valence-corrected chi connectivity index (χ1v) is 10.0. The van der Waals surface area contributed by atoms with Crippen LogP contribution in [0.4, 0.5) is 17.1 Å². The summed E-state index contributed by atoms with van der Waals surface area (Å²) in [6.45, 7) is 2.73. The highest BCUT2D eigenvalue weighted by molar-refractivity contribution is 7.93. The minimum absolute atomic E-state index is 0.0470. The van der Waals surface area contributed by atoms with Crippen molar-refractivity contribution < 1.29 is 13.3 Å². The summed E-state index contributed by atoms with van der Waals surface area (Å²) in [5, 5.41) is 14.3. The van der Waals surface area contributed by atoms with Crippen molar-refractivity contribution in [3.05, 3.63) is 62.7 Å². The monoisotopic (exact) mass is 395 g/mol. The summed E-state index contributed by atoms with van der Waals surface area (Å²) >= 11 is 6.15. The van der Waals surface area contributed by atoms with E-state index in [1.165, 1.54) is 16.4 Å². The van der Waals surface area contributed by atoms with Crippen molar-refractivity contribution >= 4 is 38.7 Å². The number of nitrogens with one attached hydrogen (secondary N) is 1. The molecule has 26 heavy (non-hydrogen) atoms. The molecule has 0 aromatic heterocycles. The summed E-state index contributed by atoms with van der Waals surface area (Å²) in [6, 6.07) is 10.1. The average molecular weight is 396 g/mol. The van der Waals surface area contributed by atoms with Crippen LogP contribution < -0.4 is 9.62 Å². The molecule has 1 heterocycles. The van der Waals surface area contributed by atoms with Gasteiger partial charge in [-0.15, -0.1) is 0 Å². The molecule has 138 valence electrons. The number of nitro groups is 1. The molecule has 1 N–H and O–H groups in total. The van der Waals surface area contributed by atoms with Gasteiger partial charge in [0.05, 0.1) is 27.1 Å². The number of nitro benzene ring substituents is 1. The molecular weight excluding hydrogens is 378 g/mol. The van der Waals surface area contributed by atoms with Gasteiger partial charge in [0.15, 0.2) is 0 Å². The maximum atomic E-state index is 12.0.